The summed E-state index contributed by atoms with van der Waals surface area (Å²) in [5, 5.41) is 9.41. The van der Waals surface area contributed by atoms with Gasteiger partial charge >= 0.3 is 6.18 Å². The van der Waals surface area contributed by atoms with E-state index in [9.17, 15) is 18.0 Å². The van der Waals surface area contributed by atoms with Crippen LogP contribution >= 0.6 is 0 Å². The third-order valence-corrected chi connectivity index (χ3v) is 4.02. The molecule has 3 rings (SSSR count). The molecule has 0 saturated heterocycles. The molecule has 2 N–H and O–H groups in total. The Hall–Kier alpha value is -2.42. The maximum atomic E-state index is 12.7. The summed E-state index contributed by atoms with van der Waals surface area (Å²) in [7, 11) is 0. The highest BCUT2D eigenvalue weighted by molar-refractivity contribution is 5.94. The fourth-order valence-electron chi connectivity index (χ4n) is 2.87. The molecule has 0 saturated carbocycles. The first-order chi connectivity index (χ1) is 11.8. The van der Waals surface area contributed by atoms with Crippen molar-refractivity contribution in [3.05, 3.63) is 46.5 Å². The first-order valence-electron chi connectivity index (χ1n) is 7.78. The molecule has 3 heterocycles. The second-order valence-electron chi connectivity index (χ2n) is 5.97. The predicted molar refractivity (Wildman–Crippen MR) is 81.7 cm³/mol. The van der Waals surface area contributed by atoms with Crippen LogP contribution in [0.4, 0.5) is 13.2 Å². The minimum absolute atomic E-state index is 0.0446. The first-order valence-corrected chi connectivity index (χ1v) is 7.78. The van der Waals surface area contributed by atoms with Crippen LogP contribution in [-0.4, -0.2) is 27.2 Å². The number of hydrogen-bond donors (Lipinski definition) is 2. The molecule has 1 aliphatic rings. The lowest BCUT2D eigenvalue weighted by Gasteiger charge is -2.25. The topological polar surface area (TPSA) is 79.9 Å². The summed E-state index contributed by atoms with van der Waals surface area (Å²) in [6, 6.07) is 1.80. The largest absolute Gasteiger partial charge is 0.416 e. The summed E-state index contributed by atoms with van der Waals surface area (Å²) < 4.78 is 43.8. The molecule has 0 unspecified atom stereocenters. The Bertz CT molecular complexity index is 788. The summed E-state index contributed by atoms with van der Waals surface area (Å²) in [6.45, 7) is 3.65. The number of ether oxygens (including phenoxy) is 1. The highest BCUT2D eigenvalue weighted by Crippen LogP contribution is 2.30. The highest BCUT2D eigenvalue weighted by atomic mass is 19.4. The van der Waals surface area contributed by atoms with Gasteiger partial charge in [0.15, 0.2) is 5.69 Å². The molecule has 25 heavy (non-hydrogen) atoms. The van der Waals surface area contributed by atoms with Crippen LogP contribution in [-0.2, 0) is 23.9 Å². The quantitative estimate of drug-likeness (QED) is 0.888. The van der Waals surface area contributed by atoms with Crippen molar-refractivity contribution in [3.63, 3.8) is 0 Å². The number of halogens is 3. The van der Waals surface area contributed by atoms with Gasteiger partial charge in [0.2, 0.25) is 0 Å². The Morgan fingerprint density at radius 1 is 1.44 bits per heavy atom. The maximum Gasteiger partial charge on any atom is 0.416 e. The number of aromatic nitrogens is 3. The molecule has 0 aliphatic carbocycles. The van der Waals surface area contributed by atoms with Crippen molar-refractivity contribution in [2.45, 2.75) is 45.2 Å². The molecule has 0 aromatic carbocycles. The lowest BCUT2D eigenvalue weighted by atomic mass is 9.99. The van der Waals surface area contributed by atoms with Gasteiger partial charge in [0.1, 0.15) is 0 Å². The second-order valence-corrected chi connectivity index (χ2v) is 5.97. The third kappa shape index (κ3) is 3.65. The zero-order chi connectivity index (χ0) is 18.2. The van der Waals surface area contributed by atoms with Crippen LogP contribution in [0.3, 0.4) is 0 Å². The number of carbonyl (C=O) groups is 1. The first kappa shape index (κ1) is 17.4. The van der Waals surface area contributed by atoms with E-state index in [1.165, 1.54) is 0 Å². The Kier molecular flexibility index (Phi) is 4.51. The van der Waals surface area contributed by atoms with E-state index in [1.54, 1.807) is 0 Å². The third-order valence-electron chi connectivity index (χ3n) is 4.02. The highest BCUT2D eigenvalue weighted by Gasteiger charge is 2.31. The molecule has 2 aromatic heterocycles. The summed E-state index contributed by atoms with van der Waals surface area (Å²) in [6.07, 6.45) is -3.08. The van der Waals surface area contributed by atoms with Crippen molar-refractivity contribution < 1.29 is 22.7 Å². The van der Waals surface area contributed by atoms with Gasteiger partial charge in [0.05, 0.1) is 35.7 Å². The van der Waals surface area contributed by atoms with Crippen LogP contribution in [0.1, 0.15) is 53.0 Å². The Labute approximate surface area is 141 Å². The van der Waals surface area contributed by atoms with Crippen molar-refractivity contribution in [2.24, 2.45) is 0 Å². The molecule has 6 nitrogen and oxygen atoms in total. The minimum Gasteiger partial charge on any atom is -0.369 e. The molecule has 0 spiro atoms. The average molecular weight is 354 g/mol. The fourth-order valence-corrected chi connectivity index (χ4v) is 2.87. The van der Waals surface area contributed by atoms with Crippen LogP contribution in [0.15, 0.2) is 18.3 Å². The number of H-pyrrole nitrogens is 1. The van der Waals surface area contributed by atoms with Crippen LogP contribution in [0.5, 0.6) is 0 Å². The van der Waals surface area contributed by atoms with Gasteiger partial charge in [-0.2, -0.15) is 18.3 Å². The molecule has 2 atom stereocenters. The average Bonchev–Trinajstić information content (AvgIpc) is 2.96. The van der Waals surface area contributed by atoms with E-state index in [2.05, 4.69) is 20.5 Å². The number of nitrogens with zero attached hydrogens (tertiary/aromatic N) is 2. The number of rotatable bonds is 3. The number of amides is 1. The van der Waals surface area contributed by atoms with Crippen LogP contribution in [0.25, 0.3) is 0 Å². The van der Waals surface area contributed by atoms with Gasteiger partial charge in [-0.1, -0.05) is 0 Å². The number of fused-ring (bicyclic) bond motifs is 1. The van der Waals surface area contributed by atoms with Crippen molar-refractivity contribution in [3.8, 4) is 0 Å². The zero-order valence-corrected chi connectivity index (χ0v) is 13.6. The number of nitrogens with one attached hydrogen (secondary N) is 2. The van der Waals surface area contributed by atoms with Crippen molar-refractivity contribution >= 4 is 5.91 Å². The van der Waals surface area contributed by atoms with E-state index in [-0.39, 0.29) is 30.1 Å². The molecule has 134 valence electrons. The van der Waals surface area contributed by atoms with E-state index in [4.69, 9.17) is 4.74 Å². The summed E-state index contributed by atoms with van der Waals surface area (Å²) in [5.41, 5.74) is 1.09. The smallest absolute Gasteiger partial charge is 0.369 e. The van der Waals surface area contributed by atoms with Gasteiger partial charge in [0.25, 0.3) is 5.91 Å². The van der Waals surface area contributed by atoms with Crippen molar-refractivity contribution in [1.82, 2.24) is 20.5 Å². The number of aromatic amines is 1. The maximum absolute atomic E-state index is 12.7. The van der Waals surface area contributed by atoms with Crippen LogP contribution in [0, 0.1) is 0 Å². The minimum atomic E-state index is -4.45. The molecule has 0 bridgehead atoms. The van der Waals surface area contributed by atoms with Gasteiger partial charge in [-0.25, -0.2) is 0 Å². The van der Waals surface area contributed by atoms with E-state index in [0.717, 1.165) is 29.6 Å². The van der Waals surface area contributed by atoms with Crippen LogP contribution in [0.2, 0.25) is 0 Å². The normalized spacial score (nSPS) is 20.2. The fraction of sp³-hybridized carbons (Fsp3) is 0.438. The van der Waals surface area contributed by atoms with Gasteiger partial charge < -0.3 is 10.1 Å². The van der Waals surface area contributed by atoms with Crippen LogP contribution < -0.4 is 5.32 Å². The van der Waals surface area contributed by atoms with E-state index < -0.39 is 17.6 Å². The standard InChI is InChI=1S/C16H17F3N4O2/c1-8-5-12-13(9(2)25-8)22-23-14(12)15(24)21-7-11-6-10(3-4-20-11)16(17,18)19/h3-4,6,8-9H,5,7H2,1-2H3,(H,21,24)(H,22,23)/t8-,9+/m1/s1. The zero-order valence-electron chi connectivity index (χ0n) is 13.6. The monoisotopic (exact) mass is 354 g/mol. The molecule has 2 aromatic rings. The molecule has 0 radical (unpaired) electrons. The Morgan fingerprint density at radius 2 is 2.20 bits per heavy atom. The number of carbonyl (C=O) groups excluding carboxylic acids is 1. The lowest BCUT2D eigenvalue weighted by Crippen LogP contribution is -2.27. The number of pyridine rings is 1. The second kappa shape index (κ2) is 6.47. The molecule has 0 fully saturated rings. The van der Waals surface area contributed by atoms with Gasteiger partial charge in [0, 0.05) is 18.2 Å². The van der Waals surface area contributed by atoms with Crippen molar-refractivity contribution in [2.75, 3.05) is 0 Å². The van der Waals surface area contributed by atoms with Gasteiger partial charge in [-0.15, -0.1) is 0 Å². The molecular weight excluding hydrogens is 337 g/mol. The van der Waals surface area contributed by atoms with Gasteiger partial charge in [-0.3, -0.25) is 14.9 Å². The number of hydrogen-bond acceptors (Lipinski definition) is 4. The molecule has 1 amide bonds. The Morgan fingerprint density at radius 3 is 2.92 bits per heavy atom. The summed E-state index contributed by atoms with van der Waals surface area (Å²) in [5.74, 6) is -0.460. The Balaban J connectivity index is 1.72. The van der Waals surface area contributed by atoms with Gasteiger partial charge in [-0.05, 0) is 26.0 Å². The van der Waals surface area contributed by atoms with E-state index in [1.807, 2.05) is 13.8 Å². The summed E-state index contributed by atoms with van der Waals surface area (Å²) >= 11 is 0. The summed E-state index contributed by atoms with van der Waals surface area (Å²) in [4.78, 5) is 16.2. The number of alkyl halides is 3. The molecule has 9 heteroatoms. The van der Waals surface area contributed by atoms with E-state index >= 15 is 0 Å². The van der Waals surface area contributed by atoms with E-state index in [0.29, 0.717) is 6.42 Å². The lowest BCUT2D eigenvalue weighted by molar-refractivity contribution is -0.137. The molecule has 1 aliphatic heterocycles. The van der Waals surface area contributed by atoms with Crippen molar-refractivity contribution in [1.29, 1.82) is 0 Å². The SMILES string of the molecule is C[C@@H]1Cc2c(C(=O)NCc3cc(C(F)(F)F)ccn3)n[nH]c2[C@H](C)O1. The molecular formula is C16H17F3N4O2. The predicted octanol–water partition coefficient (Wildman–Crippen LogP) is 2.78.